The van der Waals surface area contributed by atoms with E-state index in [1.807, 2.05) is 31.2 Å². The monoisotopic (exact) mass is 351 g/mol. The fourth-order valence-corrected chi connectivity index (χ4v) is 2.53. The van der Waals surface area contributed by atoms with Crippen LogP contribution >= 0.6 is 0 Å². The summed E-state index contributed by atoms with van der Waals surface area (Å²) in [6, 6.07) is 13.1. The highest BCUT2D eigenvalue weighted by molar-refractivity contribution is 5.94. The van der Waals surface area contributed by atoms with Crippen LogP contribution in [0, 0.1) is 12.7 Å². The fraction of sp³-hybridized carbons (Fsp3) is 0.150. The molecule has 0 radical (unpaired) electrons. The molecule has 1 heterocycles. The van der Waals surface area contributed by atoms with Crippen LogP contribution in [0.3, 0.4) is 0 Å². The van der Waals surface area contributed by atoms with E-state index in [2.05, 4.69) is 16.7 Å². The van der Waals surface area contributed by atoms with E-state index in [1.165, 1.54) is 29.2 Å². The van der Waals surface area contributed by atoms with E-state index in [9.17, 15) is 9.18 Å². The van der Waals surface area contributed by atoms with E-state index in [4.69, 9.17) is 4.52 Å². The number of amides is 1. The van der Waals surface area contributed by atoms with Gasteiger partial charge >= 0.3 is 0 Å². The summed E-state index contributed by atoms with van der Waals surface area (Å²) in [6.45, 7) is 6.10. The second-order valence-electron chi connectivity index (χ2n) is 5.86. The normalized spacial score (nSPS) is 10.5. The molecule has 0 aliphatic heterocycles. The molecule has 0 spiro atoms. The minimum Gasteiger partial charge on any atom is -0.337 e. The molecule has 0 saturated heterocycles. The van der Waals surface area contributed by atoms with Gasteiger partial charge < -0.3 is 9.42 Å². The lowest BCUT2D eigenvalue weighted by Gasteiger charge is -2.19. The molecule has 0 fully saturated rings. The number of carbonyl (C=O) groups excluding carboxylic acids is 1. The summed E-state index contributed by atoms with van der Waals surface area (Å²) in [5.74, 6) is 0.132. The Morgan fingerprint density at radius 2 is 2.04 bits per heavy atom. The van der Waals surface area contributed by atoms with Gasteiger partial charge in [-0.05, 0) is 37.3 Å². The zero-order valence-electron chi connectivity index (χ0n) is 14.4. The Balaban J connectivity index is 1.79. The van der Waals surface area contributed by atoms with Gasteiger partial charge in [-0.2, -0.15) is 4.98 Å². The number of rotatable bonds is 6. The molecular formula is C20H18FN3O2. The van der Waals surface area contributed by atoms with Gasteiger partial charge in [0.1, 0.15) is 12.4 Å². The average Bonchev–Trinajstić information content (AvgIpc) is 3.10. The van der Waals surface area contributed by atoms with Gasteiger partial charge in [0.25, 0.3) is 5.91 Å². The van der Waals surface area contributed by atoms with Crippen LogP contribution in [0.2, 0.25) is 0 Å². The van der Waals surface area contributed by atoms with E-state index in [-0.39, 0.29) is 12.5 Å². The molecule has 0 N–H and O–H groups in total. The maximum Gasteiger partial charge on any atom is 0.254 e. The molecule has 0 aliphatic carbocycles. The number of halogens is 1. The van der Waals surface area contributed by atoms with Crippen molar-refractivity contribution in [2.75, 3.05) is 6.54 Å². The Bertz CT molecular complexity index is 919. The lowest BCUT2D eigenvalue weighted by molar-refractivity contribution is 0.0745. The van der Waals surface area contributed by atoms with Crippen molar-refractivity contribution >= 4 is 5.91 Å². The summed E-state index contributed by atoms with van der Waals surface area (Å²) >= 11 is 0. The van der Waals surface area contributed by atoms with Crippen LogP contribution in [0.25, 0.3) is 11.4 Å². The predicted molar refractivity (Wildman–Crippen MR) is 95.8 cm³/mol. The highest BCUT2D eigenvalue weighted by Crippen LogP contribution is 2.18. The summed E-state index contributed by atoms with van der Waals surface area (Å²) in [5, 5.41) is 3.98. The van der Waals surface area contributed by atoms with Crippen LogP contribution in [0.5, 0.6) is 0 Å². The summed E-state index contributed by atoms with van der Waals surface area (Å²) in [4.78, 5) is 18.5. The third-order valence-electron chi connectivity index (χ3n) is 3.80. The Morgan fingerprint density at radius 1 is 1.27 bits per heavy atom. The van der Waals surface area contributed by atoms with Crippen molar-refractivity contribution in [3.05, 3.63) is 84.0 Å². The Labute approximate surface area is 150 Å². The van der Waals surface area contributed by atoms with Gasteiger partial charge in [-0.25, -0.2) is 4.39 Å². The smallest absolute Gasteiger partial charge is 0.254 e. The zero-order chi connectivity index (χ0) is 18.5. The van der Waals surface area contributed by atoms with Crippen molar-refractivity contribution < 1.29 is 13.7 Å². The molecule has 3 aromatic rings. The number of carbonyl (C=O) groups is 1. The van der Waals surface area contributed by atoms with Crippen molar-refractivity contribution in [2.45, 2.75) is 13.5 Å². The third-order valence-corrected chi connectivity index (χ3v) is 3.80. The molecule has 0 aliphatic rings. The van der Waals surface area contributed by atoms with Crippen molar-refractivity contribution in [2.24, 2.45) is 0 Å². The molecule has 0 saturated carbocycles. The molecule has 5 nitrogen and oxygen atoms in total. The molecule has 0 bridgehead atoms. The number of hydrogen-bond acceptors (Lipinski definition) is 4. The highest BCUT2D eigenvalue weighted by Gasteiger charge is 2.18. The van der Waals surface area contributed by atoms with E-state index in [1.54, 1.807) is 6.08 Å². The largest absolute Gasteiger partial charge is 0.337 e. The standard InChI is InChI=1S/C20H18FN3O2/c1-3-11-24(20(25)15-7-9-17(21)10-8-15)13-18-22-19(23-26-18)16-6-4-5-14(2)12-16/h3-10,12H,1,11,13H2,2H3. The summed E-state index contributed by atoms with van der Waals surface area (Å²) < 4.78 is 18.4. The predicted octanol–water partition coefficient (Wildman–Crippen LogP) is 4.01. The van der Waals surface area contributed by atoms with Crippen molar-refractivity contribution in [1.82, 2.24) is 15.0 Å². The number of nitrogens with zero attached hydrogens (tertiary/aromatic N) is 3. The second-order valence-corrected chi connectivity index (χ2v) is 5.86. The van der Waals surface area contributed by atoms with Crippen LogP contribution in [-0.4, -0.2) is 27.5 Å². The van der Waals surface area contributed by atoms with Gasteiger partial charge in [0.2, 0.25) is 11.7 Å². The van der Waals surface area contributed by atoms with E-state index < -0.39 is 5.82 Å². The Morgan fingerprint density at radius 3 is 2.73 bits per heavy atom. The maximum absolute atomic E-state index is 13.1. The fourth-order valence-electron chi connectivity index (χ4n) is 2.53. The number of aromatic nitrogens is 2. The number of hydrogen-bond donors (Lipinski definition) is 0. The summed E-state index contributed by atoms with van der Waals surface area (Å²) in [6.07, 6.45) is 1.61. The Hall–Kier alpha value is -3.28. The first-order valence-electron chi connectivity index (χ1n) is 8.12. The average molecular weight is 351 g/mol. The molecule has 6 heteroatoms. The number of benzene rings is 2. The lowest BCUT2D eigenvalue weighted by atomic mass is 10.1. The topological polar surface area (TPSA) is 59.2 Å². The molecule has 2 aromatic carbocycles. The summed E-state index contributed by atoms with van der Waals surface area (Å²) in [5.41, 5.74) is 2.32. The Kier molecular flexibility index (Phi) is 5.22. The van der Waals surface area contributed by atoms with E-state index in [0.29, 0.717) is 23.8 Å². The lowest BCUT2D eigenvalue weighted by Crippen LogP contribution is -2.30. The molecule has 1 aromatic heterocycles. The first-order valence-corrected chi connectivity index (χ1v) is 8.12. The van der Waals surface area contributed by atoms with Gasteiger partial charge in [0.05, 0.1) is 0 Å². The third kappa shape index (κ3) is 4.03. The first-order chi connectivity index (χ1) is 12.6. The molecule has 1 amide bonds. The molecule has 0 unspecified atom stereocenters. The minimum atomic E-state index is -0.392. The SMILES string of the molecule is C=CCN(Cc1nc(-c2cccc(C)c2)no1)C(=O)c1ccc(F)cc1. The van der Waals surface area contributed by atoms with Crippen LogP contribution in [0.1, 0.15) is 21.8 Å². The van der Waals surface area contributed by atoms with Crippen molar-refractivity contribution in [3.63, 3.8) is 0 Å². The van der Waals surface area contributed by atoms with Gasteiger partial charge in [0, 0.05) is 17.7 Å². The molecule has 26 heavy (non-hydrogen) atoms. The molecule has 132 valence electrons. The number of aryl methyl sites for hydroxylation is 1. The van der Waals surface area contributed by atoms with Crippen LogP contribution in [-0.2, 0) is 6.54 Å². The van der Waals surface area contributed by atoms with Crippen LogP contribution in [0.4, 0.5) is 4.39 Å². The van der Waals surface area contributed by atoms with E-state index in [0.717, 1.165) is 11.1 Å². The van der Waals surface area contributed by atoms with Gasteiger partial charge in [-0.1, -0.05) is 35.0 Å². The zero-order valence-corrected chi connectivity index (χ0v) is 14.4. The van der Waals surface area contributed by atoms with Crippen molar-refractivity contribution in [1.29, 1.82) is 0 Å². The van der Waals surface area contributed by atoms with Crippen LogP contribution < -0.4 is 0 Å². The van der Waals surface area contributed by atoms with Gasteiger partial charge in [-0.3, -0.25) is 4.79 Å². The quantitative estimate of drug-likeness (QED) is 0.630. The summed E-state index contributed by atoms with van der Waals surface area (Å²) in [7, 11) is 0. The maximum atomic E-state index is 13.1. The van der Waals surface area contributed by atoms with Crippen LogP contribution in [0.15, 0.2) is 65.7 Å². The van der Waals surface area contributed by atoms with Gasteiger partial charge in [0.15, 0.2) is 0 Å². The van der Waals surface area contributed by atoms with Gasteiger partial charge in [-0.15, -0.1) is 6.58 Å². The first kappa shape index (κ1) is 17.5. The highest BCUT2D eigenvalue weighted by atomic mass is 19.1. The molecule has 0 atom stereocenters. The van der Waals surface area contributed by atoms with Crippen molar-refractivity contribution in [3.8, 4) is 11.4 Å². The van der Waals surface area contributed by atoms with E-state index >= 15 is 0 Å². The molecular weight excluding hydrogens is 333 g/mol. The second kappa shape index (κ2) is 7.74. The molecule has 3 rings (SSSR count). The minimum absolute atomic E-state index is 0.140.